The lowest BCUT2D eigenvalue weighted by Gasteiger charge is -2.36. The molecule has 0 bridgehead atoms. The molecule has 0 aliphatic heterocycles. The van der Waals surface area contributed by atoms with Crippen molar-refractivity contribution in [3.63, 3.8) is 0 Å². The molecule has 0 aliphatic rings. The zero-order chi connectivity index (χ0) is 24.5. The molecule has 0 heterocycles. The number of carbonyl (C=O) groups is 1. The second-order valence-corrected chi connectivity index (χ2v) is 8.08. The van der Waals surface area contributed by atoms with Crippen LogP contribution in [0, 0.1) is 5.82 Å². The van der Waals surface area contributed by atoms with Crippen LogP contribution in [0.2, 0.25) is 0 Å². The van der Waals surface area contributed by atoms with Gasteiger partial charge < -0.3 is 9.47 Å². The first-order valence-electron chi connectivity index (χ1n) is 11.5. The van der Waals surface area contributed by atoms with Crippen LogP contribution in [0.3, 0.4) is 0 Å². The average Bonchev–Trinajstić information content (AvgIpc) is 2.92. The van der Waals surface area contributed by atoms with Gasteiger partial charge in [0.25, 0.3) is 0 Å². The normalized spacial score (nSPS) is 11.8. The van der Waals surface area contributed by atoms with Crippen LogP contribution in [0.25, 0.3) is 0 Å². The van der Waals surface area contributed by atoms with E-state index in [4.69, 9.17) is 9.47 Å². The first-order valence-corrected chi connectivity index (χ1v) is 11.5. The lowest BCUT2D eigenvalue weighted by molar-refractivity contribution is -0.0445. The quantitative estimate of drug-likeness (QED) is 0.131. The van der Waals surface area contributed by atoms with Gasteiger partial charge in [-0.1, -0.05) is 109 Å². The number of ketones is 1. The SMILES string of the molecule is C=C[C@@H](COC(c1ccccc1)(c1ccccc1)c1ccccc1)OCC(=O)c1ccccc1F.S. The Balaban J connectivity index is 0.00000361. The maximum absolute atomic E-state index is 14.0. The van der Waals surface area contributed by atoms with Gasteiger partial charge in [0.05, 0.1) is 18.3 Å². The highest BCUT2D eigenvalue weighted by Gasteiger charge is 2.38. The Morgan fingerprint density at radius 1 is 0.778 bits per heavy atom. The Hall–Kier alpha value is -3.51. The minimum Gasteiger partial charge on any atom is -0.364 e. The molecule has 0 aliphatic carbocycles. The minimum atomic E-state index is -0.913. The molecule has 0 spiro atoms. The van der Waals surface area contributed by atoms with Crippen LogP contribution in [0.5, 0.6) is 0 Å². The van der Waals surface area contributed by atoms with Gasteiger partial charge in [0.2, 0.25) is 0 Å². The lowest BCUT2D eigenvalue weighted by Crippen LogP contribution is -2.36. The van der Waals surface area contributed by atoms with Crippen molar-refractivity contribution in [3.8, 4) is 0 Å². The standard InChI is InChI=1S/C31H27FO3.H2S/c1-2-27(34-23-30(33)28-20-12-13-21-29(28)32)22-35-31(24-14-6-3-7-15-24,25-16-8-4-9-17-25)26-18-10-5-11-19-26;/h2-21,27H,1,22-23H2;1H2/t27-;/m0./s1. The Labute approximate surface area is 218 Å². The molecule has 0 radical (unpaired) electrons. The van der Waals surface area contributed by atoms with Gasteiger partial charge in [0.1, 0.15) is 18.0 Å². The number of carbonyl (C=O) groups excluding carboxylic acids is 1. The highest BCUT2D eigenvalue weighted by molar-refractivity contribution is 7.59. The molecule has 0 amide bonds. The van der Waals surface area contributed by atoms with Crippen molar-refractivity contribution in [2.75, 3.05) is 13.2 Å². The maximum atomic E-state index is 14.0. The summed E-state index contributed by atoms with van der Waals surface area (Å²) in [4.78, 5) is 12.5. The van der Waals surface area contributed by atoms with Gasteiger partial charge >= 0.3 is 0 Å². The minimum absolute atomic E-state index is 0. The second-order valence-electron chi connectivity index (χ2n) is 8.08. The highest BCUT2D eigenvalue weighted by atomic mass is 32.1. The predicted octanol–water partition coefficient (Wildman–Crippen LogP) is 6.70. The summed E-state index contributed by atoms with van der Waals surface area (Å²) in [5.41, 5.74) is 1.97. The van der Waals surface area contributed by atoms with E-state index in [1.165, 1.54) is 12.1 Å². The molecular weight excluding hydrogens is 471 g/mol. The summed E-state index contributed by atoms with van der Waals surface area (Å²) in [5.74, 6) is -1.00. The molecule has 0 saturated carbocycles. The van der Waals surface area contributed by atoms with Crippen molar-refractivity contribution < 1.29 is 18.7 Å². The van der Waals surface area contributed by atoms with E-state index in [1.807, 2.05) is 91.0 Å². The Bertz CT molecular complexity index is 1150. The van der Waals surface area contributed by atoms with Gasteiger partial charge in [-0.2, -0.15) is 13.5 Å². The van der Waals surface area contributed by atoms with E-state index < -0.39 is 23.3 Å². The first kappa shape index (κ1) is 27.1. The zero-order valence-corrected chi connectivity index (χ0v) is 20.8. The molecule has 36 heavy (non-hydrogen) atoms. The van der Waals surface area contributed by atoms with Crippen molar-refractivity contribution >= 4 is 19.3 Å². The van der Waals surface area contributed by atoms with E-state index in [0.717, 1.165) is 16.7 Å². The molecule has 0 saturated heterocycles. The molecule has 0 unspecified atom stereocenters. The third-order valence-corrected chi connectivity index (χ3v) is 5.87. The molecule has 4 aromatic rings. The number of hydrogen-bond donors (Lipinski definition) is 0. The number of benzene rings is 4. The summed E-state index contributed by atoms with van der Waals surface area (Å²) in [5, 5.41) is 0. The molecule has 4 aromatic carbocycles. The number of ether oxygens (including phenoxy) is 2. The third-order valence-electron chi connectivity index (χ3n) is 5.87. The van der Waals surface area contributed by atoms with Crippen molar-refractivity contribution in [1.82, 2.24) is 0 Å². The number of hydrogen-bond acceptors (Lipinski definition) is 3. The Kier molecular flexibility index (Phi) is 9.77. The lowest BCUT2D eigenvalue weighted by atomic mass is 9.80. The summed E-state index contributed by atoms with van der Waals surface area (Å²) in [7, 11) is 0. The summed E-state index contributed by atoms with van der Waals surface area (Å²) >= 11 is 0. The Morgan fingerprint density at radius 3 is 1.67 bits per heavy atom. The Morgan fingerprint density at radius 2 is 1.22 bits per heavy atom. The van der Waals surface area contributed by atoms with Crippen LogP contribution < -0.4 is 0 Å². The number of halogens is 1. The van der Waals surface area contributed by atoms with Crippen molar-refractivity contribution in [2.24, 2.45) is 0 Å². The van der Waals surface area contributed by atoms with Crippen LogP contribution >= 0.6 is 13.5 Å². The monoisotopic (exact) mass is 500 g/mol. The fourth-order valence-corrected chi connectivity index (χ4v) is 4.11. The molecule has 3 nitrogen and oxygen atoms in total. The van der Waals surface area contributed by atoms with Crippen LogP contribution in [0.15, 0.2) is 128 Å². The number of rotatable bonds is 11. The highest BCUT2D eigenvalue weighted by Crippen LogP contribution is 2.40. The smallest absolute Gasteiger partial charge is 0.191 e. The molecule has 184 valence electrons. The molecule has 0 aromatic heterocycles. The molecular formula is C31H29FO3S. The van der Waals surface area contributed by atoms with Crippen molar-refractivity contribution in [1.29, 1.82) is 0 Å². The van der Waals surface area contributed by atoms with E-state index in [-0.39, 0.29) is 32.3 Å². The summed E-state index contributed by atoms with van der Waals surface area (Å²) < 4.78 is 26.5. The maximum Gasteiger partial charge on any atom is 0.191 e. The molecule has 5 heteroatoms. The summed E-state index contributed by atoms with van der Waals surface area (Å²) in [6.45, 7) is 3.71. The van der Waals surface area contributed by atoms with Crippen molar-refractivity contribution in [3.05, 3.63) is 156 Å². The topological polar surface area (TPSA) is 35.5 Å². The van der Waals surface area contributed by atoms with E-state index in [1.54, 1.807) is 18.2 Å². The van der Waals surface area contributed by atoms with Crippen LogP contribution in [-0.2, 0) is 15.1 Å². The molecule has 0 fully saturated rings. The van der Waals surface area contributed by atoms with Gasteiger partial charge in [-0.05, 0) is 28.8 Å². The number of Topliss-reactive ketones (excluding diaryl/α,β-unsaturated/α-hetero) is 1. The van der Waals surface area contributed by atoms with Gasteiger partial charge in [0.15, 0.2) is 5.78 Å². The fourth-order valence-electron chi connectivity index (χ4n) is 4.11. The summed E-state index contributed by atoms with van der Waals surface area (Å²) in [6, 6.07) is 35.9. The van der Waals surface area contributed by atoms with E-state index in [0.29, 0.717) is 0 Å². The van der Waals surface area contributed by atoms with Gasteiger partial charge in [-0.15, -0.1) is 6.58 Å². The second kappa shape index (κ2) is 13.0. The predicted molar refractivity (Wildman–Crippen MR) is 146 cm³/mol. The zero-order valence-electron chi connectivity index (χ0n) is 19.8. The van der Waals surface area contributed by atoms with Gasteiger partial charge in [0, 0.05) is 0 Å². The largest absolute Gasteiger partial charge is 0.364 e. The van der Waals surface area contributed by atoms with Gasteiger partial charge in [-0.3, -0.25) is 4.79 Å². The van der Waals surface area contributed by atoms with Gasteiger partial charge in [-0.25, -0.2) is 4.39 Å². The first-order chi connectivity index (χ1) is 17.1. The fraction of sp³-hybridized carbons (Fsp3) is 0.129. The molecule has 0 N–H and O–H groups in total. The molecule has 1 atom stereocenters. The third kappa shape index (κ3) is 6.00. The van der Waals surface area contributed by atoms with Crippen LogP contribution in [0.1, 0.15) is 27.0 Å². The average molecular weight is 501 g/mol. The van der Waals surface area contributed by atoms with E-state index in [9.17, 15) is 9.18 Å². The van der Waals surface area contributed by atoms with Crippen molar-refractivity contribution in [2.45, 2.75) is 11.7 Å². The summed E-state index contributed by atoms with van der Waals surface area (Å²) in [6.07, 6.45) is 1.02. The van der Waals surface area contributed by atoms with E-state index >= 15 is 0 Å². The van der Waals surface area contributed by atoms with Crippen LogP contribution in [-0.4, -0.2) is 25.1 Å². The molecule has 4 rings (SSSR count). The van der Waals surface area contributed by atoms with Crippen LogP contribution in [0.4, 0.5) is 4.39 Å². The van der Waals surface area contributed by atoms with E-state index in [2.05, 4.69) is 6.58 Å².